The summed E-state index contributed by atoms with van der Waals surface area (Å²) in [5.41, 5.74) is 8.11. The van der Waals surface area contributed by atoms with Crippen molar-refractivity contribution in [1.29, 1.82) is 0 Å². The second-order valence-corrected chi connectivity index (χ2v) is 5.76. The van der Waals surface area contributed by atoms with Gasteiger partial charge >= 0.3 is 0 Å². The SMILES string of the molecule is COc1ccc(CC(C)n2nc(C)c(Br)c2N)cc1OC. The van der Waals surface area contributed by atoms with Crippen molar-refractivity contribution in [2.75, 3.05) is 20.0 Å². The molecule has 1 unspecified atom stereocenters. The van der Waals surface area contributed by atoms with Gasteiger partial charge < -0.3 is 15.2 Å². The van der Waals surface area contributed by atoms with Gasteiger partial charge in [0.05, 0.1) is 30.4 Å². The van der Waals surface area contributed by atoms with E-state index in [1.54, 1.807) is 14.2 Å². The Hall–Kier alpha value is -1.69. The van der Waals surface area contributed by atoms with Gasteiger partial charge in [0, 0.05) is 0 Å². The molecule has 0 radical (unpaired) electrons. The minimum absolute atomic E-state index is 0.146. The third kappa shape index (κ3) is 3.15. The van der Waals surface area contributed by atoms with Gasteiger partial charge in [0.15, 0.2) is 11.5 Å². The van der Waals surface area contributed by atoms with Crippen LogP contribution in [0, 0.1) is 6.92 Å². The Morgan fingerprint density at radius 3 is 2.48 bits per heavy atom. The molecule has 2 aromatic rings. The van der Waals surface area contributed by atoms with Crippen molar-refractivity contribution in [2.45, 2.75) is 26.3 Å². The number of rotatable bonds is 5. The first-order valence-corrected chi connectivity index (χ1v) is 7.48. The van der Waals surface area contributed by atoms with Crippen LogP contribution in [-0.2, 0) is 6.42 Å². The molecule has 21 heavy (non-hydrogen) atoms. The first-order chi connectivity index (χ1) is 9.97. The Labute approximate surface area is 133 Å². The van der Waals surface area contributed by atoms with Crippen LogP contribution in [-0.4, -0.2) is 24.0 Å². The lowest BCUT2D eigenvalue weighted by Gasteiger charge is -2.15. The molecule has 0 bridgehead atoms. The van der Waals surface area contributed by atoms with Crippen LogP contribution in [0.4, 0.5) is 5.82 Å². The van der Waals surface area contributed by atoms with Crippen molar-refractivity contribution in [3.63, 3.8) is 0 Å². The highest BCUT2D eigenvalue weighted by atomic mass is 79.9. The van der Waals surface area contributed by atoms with Gasteiger partial charge in [-0.05, 0) is 53.9 Å². The van der Waals surface area contributed by atoms with E-state index in [0.29, 0.717) is 5.82 Å². The molecule has 5 nitrogen and oxygen atoms in total. The van der Waals surface area contributed by atoms with Crippen molar-refractivity contribution in [2.24, 2.45) is 0 Å². The molecule has 0 amide bonds. The van der Waals surface area contributed by atoms with Crippen LogP contribution in [0.5, 0.6) is 11.5 Å². The predicted molar refractivity (Wildman–Crippen MR) is 87.0 cm³/mol. The predicted octanol–water partition coefficient (Wildman–Crippen LogP) is 3.36. The number of halogens is 1. The van der Waals surface area contributed by atoms with Gasteiger partial charge in [0.25, 0.3) is 0 Å². The van der Waals surface area contributed by atoms with Crippen LogP contribution >= 0.6 is 15.9 Å². The molecular formula is C15H20BrN3O2. The van der Waals surface area contributed by atoms with Crippen molar-refractivity contribution < 1.29 is 9.47 Å². The summed E-state index contributed by atoms with van der Waals surface area (Å²) >= 11 is 3.45. The molecule has 0 aliphatic carbocycles. The smallest absolute Gasteiger partial charge is 0.160 e. The molecule has 1 heterocycles. The Bertz CT molecular complexity index is 640. The number of anilines is 1. The standard InChI is InChI=1S/C15H20BrN3O2/c1-9(19-15(17)14(16)10(2)18-19)7-11-5-6-12(20-3)13(8-11)21-4/h5-6,8-9H,7,17H2,1-4H3. The normalized spacial score (nSPS) is 12.2. The van der Waals surface area contributed by atoms with E-state index >= 15 is 0 Å². The molecule has 0 aliphatic heterocycles. The molecule has 2 rings (SSSR count). The van der Waals surface area contributed by atoms with Gasteiger partial charge in [0.2, 0.25) is 0 Å². The fourth-order valence-corrected chi connectivity index (χ4v) is 2.58. The quantitative estimate of drug-likeness (QED) is 0.894. The summed E-state index contributed by atoms with van der Waals surface area (Å²) in [6.45, 7) is 4.02. The highest BCUT2D eigenvalue weighted by Crippen LogP contribution is 2.31. The first kappa shape index (κ1) is 15.7. The molecule has 0 saturated heterocycles. The Morgan fingerprint density at radius 1 is 1.29 bits per heavy atom. The number of hydrogen-bond acceptors (Lipinski definition) is 4. The summed E-state index contributed by atoms with van der Waals surface area (Å²) in [6, 6.07) is 6.07. The van der Waals surface area contributed by atoms with E-state index < -0.39 is 0 Å². The molecule has 6 heteroatoms. The Kier molecular flexibility index (Phi) is 4.77. The average molecular weight is 354 g/mol. The zero-order valence-electron chi connectivity index (χ0n) is 12.7. The third-order valence-electron chi connectivity index (χ3n) is 3.44. The molecule has 114 valence electrons. The zero-order valence-corrected chi connectivity index (χ0v) is 14.3. The van der Waals surface area contributed by atoms with Crippen LogP contribution in [0.15, 0.2) is 22.7 Å². The Balaban J connectivity index is 2.23. The maximum Gasteiger partial charge on any atom is 0.160 e. The molecule has 1 aromatic heterocycles. The lowest BCUT2D eigenvalue weighted by Crippen LogP contribution is -2.13. The molecule has 1 atom stereocenters. The highest BCUT2D eigenvalue weighted by Gasteiger charge is 2.16. The van der Waals surface area contributed by atoms with Gasteiger partial charge in [-0.2, -0.15) is 5.10 Å². The van der Waals surface area contributed by atoms with E-state index in [1.807, 2.05) is 29.8 Å². The second kappa shape index (κ2) is 6.39. The van der Waals surface area contributed by atoms with Gasteiger partial charge in [-0.1, -0.05) is 6.07 Å². The van der Waals surface area contributed by atoms with E-state index in [0.717, 1.165) is 33.6 Å². The van der Waals surface area contributed by atoms with E-state index in [4.69, 9.17) is 15.2 Å². The maximum absolute atomic E-state index is 6.07. The number of methoxy groups -OCH3 is 2. The summed E-state index contributed by atoms with van der Waals surface area (Å²) in [6.07, 6.45) is 0.804. The zero-order chi connectivity index (χ0) is 15.6. The van der Waals surface area contributed by atoms with Crippen LogP contribution in [0.25, 0.3) is 0 Å². The minimum atomic E-state index is 0.146. The lowest BCUT2D eigenvalue weighted by atomic mass is 10.1. The van der Waals surface area contributed by atoms with Crippen LogP contribution in [0.3, 0.4) is 0 Å². The van der Waals surface area contributed by atoms with Crippen molar-refractivity contribution in [3.8, 4) is 11.5 Å². The van der Waals surface area contributed by atoms with Gasteiger partial charge in [-0.3, -0.25) is 0 Å². The summed E-state index contributed by atoms with van der Waals surface area (Å²) < 4.78 is 13.3. The van der Waals surface area contributed by atoms with Gasteiger partial charge in [-0.25, -0.2) is 4.68 Å². The molecule has 1 aromatic carbocycles. The van der Waals surface area contributed by atoms with E-state index in [9.17, 15) is 0 Å². The van der Waals surface area contributed by atoms with Crippen molar-refractivity contribution >= 4 is 21.7 Å². The summed E-state index contributed by atoms with van der Waals surface area (Å²) in [7, 11) is 3.27. The molecule has 2 N–H and O–H groups in total. The number of nitrogen functional groups attached to an aromatic ring is 1. The molecule has 0 saturated carbocycles. The molecule has 0 spiro atoms. The van der Waals surface area contributed by atoms with Crippen LogP contribution in [0.1, 0.15) is 24.2 Å². The fraction of sp³-hybridized carbons (Fsp3) is 0.400. The molecule has 0 aliphatic rings. The van der Waals surface area contributed by atoms with Crippen LogP contribution in [0.2, 0.25) is 0 Å². The summed E-state index contributed by atoms with van der Waals surface area (Å²) in [5.74, 6) is 2.11. The maximum atomic E-state index is 6.07. The highest BCUT2D eigenvalue weighted by molar-refractivity contribution is 9.10. The largest absolute Gasteiger partial charge is 0.493 e. The minimum Gasteiger partial charge on any atom is -0.493 e. The van der Waals surface area contributed by atoms with E-state index in [1.165, 1.54) is 0 Å². The molecule has 0 fully saturated rings. The van der Waals surface area contributed by atoms with Gasteiger partial charge in [-0.15, -0.1) is 0 Å². The third-order valence-corrected chi connectivity index (χ3v) is 4.42. The van der Waals surface area contributed by atoms with Crippen molar-refractivity contribution in [3.05, 3.63) is 33.9 Å². The lowest BCUT2D eigenvalue weighted by molar-refractivity contribution is 0.354. The topological polar surface area (TPSA) is 62.3 Å². The van der Waals surface area contributed by atoms with E-state index in [-0.39, 0.29) is 6.04 Å². The molecular weight excluding hydrogens is 334 g/mol. The monoisotopic (exact) mass is 353 g/mol. The summed E-state index contributed by atoms with van der Waals surface area (Å²) in [5, 5.41) is 4.47. The Morgan fingerprint density at radius 2 is 1.95 bits per heavy atom. The first-order valence-electron chi connectivity index (χ1n) is 6.69. The number of benzene rings is 1. The number of hydrogen-bond donors (Lipinski definition) is 1. The number of nitrogens with two attached hydrogens (primary N) is 1. The number of aryl methyl sites for hydroxylation is 1. The average Bonchev–Trinajstić information content (AvgIpc) is 2.74. The second-order valence-electron chi connectivity index (χ2n) is 4.97. The van der Waals surface area contributed by atoms with Crippen LogP contribution < -0.4 is 15.2 Å². The number of aromatic nitrogens is 2. The van der Waals surface area contributed by atoms with Crippen molar-refractivity contribution in [1.82, 2.24) is 9.78 Å². The van der Waals surface area contributed by atoms with E-state index in [2.05, 4.69) is 28.0 Å². The number of ether oxygens (including phenoxy) is 2. The number of nitrogens with zero attached hydrogens (tertiary/aromatic N) is 2. The van der Waals surface area contributed by atoms with Gasteiger partial charge in [0.1, 0.15) is 5.82 Å². The summed E-state index contributed by atoms with van der Waals surface area (Å²) in [4.78, 5) is 0. The fourth-order valence-electron chi connectivity index (χ4n) is 2.32.